The van der Waals surface area contributed by atoms with Crippen LogP contribution < -0.4 is 0 Å². The highest BCUT2D eigenvalue weighted by molar-refractivity contribution is 4.69. The van der Waals surface area contributed by atoms with Crippen molar-refractivity contribution in [2.24, 2.45) is 0 Å². The first-order valence-electron chi connectivity index (χ1n) is 6.29. The first-order chi connectivity index (χ1) is 7.62. The fraction of sp³-hybridized carbons (Fsp3) is 1.00. The lowest BCUT2D eigenvalue weighted by Gasteiger charge is -2.25. The SMILES string of the molecule is OC1(O)CCCCC1.OCCCCCCO. The minimum Gasteiger partial charge on any atom is -0.396 e. The minimum atomic E-state index is -1.32. The van der Waals surface area contributed by atoms with Gasteiger partial charge in [-0.3, -0.25) is 0 Å². The number of aliphatic hydroxyl groups excluding tert-OH is 2. The normalized spacial score (nSPS) is 18.8. The van der Waals surface area contributed by atoms with Crippen LogP contribution in [0.15, 0.2) is 0 Å². The number of unbranched alkanes of at least 4 members (excludes halogenated alkanes) is 3. The van der Waals surface area contributed by atoms with E-state index >= 15 is 0 Å². The molecule has 1 rings (SSSR count). The zero-order chi connectivity index (χ0) is 12.3. The van der Waals surface area contributed by atoms with Crippen molar-refractivity contribution in [1.29, 1.82) is 0 Å². The van der Waals surface area contributed by atoms with Crippen molar-refractivity contribution in [2.45, 2.75) is 63.6 Å². The summed E-state index contributed by atoms with van der Waals surface area (Å²) in [6.45, 7) is 0.566. The van der Waals surface area contributed by atoms with Gasteiger partial charge in [-0.05, 0) is 25.7 Å². The predicted octanol–water partition coefficient (Wildman–Crippen LogP) is 1.16. The second kappa shape index (κ2) is 10.0. The Morgan fingerprint density at radius 1 is 0.688 bits per heavy atom. The van der Waals surface area contributed by atoms with E-state index in [4.69, 9.17) is 20.4 Å². The molecule has 0 aliphatic heterocycles. The highest BCUT2D eigenvalue weighted by Crippen LogP contribution is 2.24. The lowest BCUT2D eigenvalue weighted by molar-refractivity contribution is -0.180. The van der Waals surface area contributed by atoms with Crippen molar-refractivity contribution >= 4 is 0 Å². The van der Waals surface area contributed by atoms with E-state index in [1.165, 1.54) is 0 Å². The second-order valence-corrected chi connectivity index (χ2v) is 4.40. The van der Waals surface area contributed by atoms with Crippen LogP contribution in [0.1, 0.15) is 57.8 Å². The summed E-state index contributed by atoms with van der Waals surface area (Å²) in [7, 11) is 0. The van der Waals surface area contributed by atoms with E-state index < -0.39 is 5.79 Å². The number of hydrogen-bond acceptors (Lipinski definition) is 4. The van der Waals surface area contributed by atoms with E-state index in [1.807, 2.05) is 0 Å². The largest absolute Gasteiger partial charge is 0.396 e. The van der Waals surface area contributed by atoms with Crippen LogP contribution in [0, 0.1) is 0 Å². The maximum absolute atomic E-state index is 8.93. The molecule has 4 N–H and O–H groups in total. The number of aliphatic hydroxyl groups is 4. The molecule has 0 unspecified atom stereocenters. The van der Waals surface area contributed by atoms with Crippen LogP contribution in [-0.4, -0.2) is 39.4 Å². The summed E-state index contributed by atoms with van der Waals surface area (Å²) in [5, 5.41) is 34.5. The smallest absolute Gasteiger partial charge is 0.162 e. The van der Waals surface area contributed by atoms with Gasteiger partial charge in [-0.15, -0.1) is 0 Å². The van der Waals surface area contributed by atoms with Crippen LogP contribution in [0.4, 0.5) is 0 Å². The molecule has 0 saturated heterocycles. The molecule has 4 nitrogen and oxygen atoms in total. The molecule has 0 aromatic rings. The Morgan fingerprint density at radius 2 is 1.12 bits per heavy atom. The Hall–Kier alpha value is -0.160. The van der Waals surface area contributed by atoms with E-state index in [9.17, 15) is 0 Å². The summed E-state index contributed by atoms with van der Waals surface area (Å²) in [5.41, 5.74) is 0. The van der Waals surface area contributed by atoms with E-state index in [2.05, 4.69) is 0 Å². The van der Waals surface area contributed by atoms with Gasteiger partial charge in [0.05, 0.1) is 0 Å². The molecule has 1 aliphatic carbocycles. The average Bonchev–Trinajstić information content (AvgIpc) is 2.25. The van der Waals surface area contributed by atoms with Gasteiger partial charge in [0.25, 0.3) is 0 Å². The van der Waals surface area contributed by atoms with E-state index in [1.54, 1.807) is 0 Å². The average molecular weight is 234 g/mol. The zero-order valence-electron chi connectivity index (χ0n) is 10.1. The van der Waals surface area contributed by atoms with Gasteiger partial charge >= 0.3 is 0 Å². The first-order valence-corrected chi connectivity index (χ1v) is 6.29. The molecular weight excluding hydrogens is 208 g/mol. The van der Waals surface area contributed by atoms with Crippen molar-refractivity contribution in [2.75, 3.05) is 13.2 Å². The van der Waals surface area contributed by atoms with Gasteiger partial charge in [-0.1, -0.05) is 19.3 Å². The number of hydrogen-bond donors (Lipinski definition) is 4. The first kappa shape index (κ1) is 15.8. The lowest BCUT2D eigenvalue weighted by atomic mass is 9.95. The summed E-state index contributed by atoms with van der Waals surface area (Å²) in [6, 6.07) is 0. The van der Waals surface area contributed by atoms with Crippen LogP contribution in [0.5, 0.6) is 0 Å². The molecule has 0 aromatic carbocycles. The minimum absolute atomic E-state index is 0.283. The third-order valence-electron chi connectivity index (χ3n) is 2.72. The van der Waals surface area contributed by atoms with E-state index in [0.717, 1.165) is 44.9 Å². The Balaban J connectivity index is 0.000000281. The quantitative estimate of drug-likeness (QED) is 0.425. The molecule has 98 valence electrons. The van der Waals surface area contributed by atoms with Gasteiger partial charge in [-0.2, -0.15) is 0 Å². The van der Waals surface area contributed by atoms with Crippen molar-refractivity contribution in [1.82, 2.24) is 0 Å². The highest BCUT2D eigenvalue weighted by atomic mass is 16.5. The van der Waals surface area contributed by atoms with Gasteiger partial charge in [0.1, 0.15) is 0 Å². The summed E-state index contributed by atoms with van der Waals surface area (Å²) < 4.78 is 0. The van der Waals surface area contributed by atoms with Crippen molar-refractivity contribution in [3.8, 4) is 0 Å². The maximum atomic E-state index is 8.93. The molecule has 0 amide bonds. The molecule has 0 heterocycles. The molecule has 0 radical (unpaired) electrons. The molecule has 0 spiro atoms. The molecule has 0 aromatic heterocycles. The van der Waals surface area contributed by atoms with Crippen LogP contribution in [0.3, 0.4) is 0 Å². The van der Waals surface area contributed by atoms with Crippen molar-refractivity contribution in [3.63, 3.8) is 0 Å². The molecule has 1 aliphatic rings. The predicted molar refractivity (Wildman–Crippen MR) is 62.9 cm³/mol. The Morgan fingerprint density at radius 3 is 1.38 bits per heavy atom. The van der Waals surface area contributed by atoms with Crippen LogP contribution in [-0.2, 0) is 0 Å². The topological polar surface area (TPSA) is 80.9 Å². The van der Waals surface area contributed by atoms with Gasteiger partial charge in [0, 0.05) is 26.1 Å². The van der Waals surface area contributed by atoms with Gasteiger partial charge in [0.15, 0.2) is 5.79 Å². The van der Waals surface area contributed by atoms with E-state index in [0.29, 0.717) is 12.8 Å². The summed E-state index contributed by atoms with van der Waals surface area (Å²) in [4.78, 5) is 0. The maximum Gasteiger partial charge on any atom is 0.162 e. The third kappa shape index (κ3) is 10.4. The molecule has 1 saturated carbocycles. The molecular formula is C12H26O4. The Labute approximate surface area is 97.9 Å². The zero-order valence-corrected chi connectivity index (χ0v) is 10.1. The monoisotopic (exact) mass is 234 g/mol. The van der Waals surface area contributed by atoms with Gasteiger partial charge in [-0.25, -0.2) is 0 Å². The van der Waals surface area contributed by atoms with Crippen molar-refractivity contribution < 1.29 is 20.4 Å². The Kier molecular flexibility index (Phi) is 9.92. The molecule has 0 atom stereocenters. The Bertz CT molecular complexity index is 134. The number of rotatable bonds is 5. The van der Waals surface area contributed by atoms with Crippen LogP contribution in [0.25, 0.3) is 0 Å². The van der Waals surface area contributed by atoms with Crippen LogP contribution in [0.2, 0.25) is 0 Å². The van der Waals surface area contributed by atoms with E-state index in [-0.39, 0.29) is 13.2 Å². The van der Waals surface area contributed by atoms with Gasteiger partial charge < -0.3 is 20.4 Å². The fourth-order valence-corrected chi connectivity index (χ4v) is 1.70. The molecule has 4 heteroatoms. The highest BCUT2D eigenvalue weighted by Gasteiger charge is 2.24. The molecule has 0 bridgehead atoms. The standard InChI is InChI=1S/C6H12O2.C6H14O2/c7-6(8)4-2-1-3-5-6;7-5-3-1-2-4-6-8/h7-8H,1-5H2;7-8H,1-6H2. The van der Waals surface area contributed by atoms with Crippen LogP contribution >= 0.6 is 0 Å². The summed E-state index contributed by atoms with van der Waals surface area (Å²) >= 11 is 0. The lowest BCUT2D eigenvalue weighted by Crippen LogP contribution is -2.30. The fourth-order valence-electron chi connectivity index (χ4n) is 1.70. The second-order valence-electron chi connectivity index (χ2n) is 4.40. The molecule has 16 heavy (non-hydrogen) atoms. The molecule has 1 fully saturated rings. The van der Waals surface area contributed by atoms with Gasteiger partial charge in [0.2, 0.25) is 0 Å². The summed E-state index contributed by atoms with van der Waals surface area (Å²) in [5.74, 6) is -1.32. The third-order valence-corrected chi connectivity index (χ3v) is 2.72. The summed E-state index contributed by atoms with van der Waals surface area (Å²) in [6.07, 6.45) is 8.04. The van der Waals surface area contributed by atoms with Crippen molar-refractivity contribution in [3.05, 3.63) is 0 Å².